The second kappa shape index (κ2) is 7.59. The van der Waals surface area contributed by atoms with Crippen LogP contribution in [0.5, 0.6) is 5.75 Å². The third kappa shape index (κ3) is 4.32. The molecule has 0 spiro atoms. The maximum atomic E-state index is 13.6. The molecule has 2 heterocycles. The van der Waals surface area contributed by atoms with Crippen LogP contribution in [0.4, 0.5) is 4.39 Å². The number of piperidine rings is 1. The van der Waals surface area contributed by atoms with Crippen LogP contribution in [0.15, 0.2) is 41.8 Å². The molecule has 2 aromatic rings. The number of ether oxygens (including phenoxy) is 1. The Hall–Kier alpha value is -1.88. The van der Waals surface area contributed by atoms with Crippen LogP contribution in [-0.4, -0.2) is 30.5 Å². The van der Waals surface area contributed by atoms with Gasteiger partial charge in [0.15, 0.2) is 11.6 Å². The smallest absolute Gasteiger partial charge is 0.227 e. The van der Waals surface area contributed by atoms with Crippen LogP contribution in [0, 0.1) is 11.7 Å². The van der Waals surface area contributed by atoms with Crippen molar-refractivity contribution >= 4 is 17.2 Å². The Bertz CT molecular complexity index is 644. The van der Waals surface area contributed by atoms with E-state index in [1.54, 1.807) is 29.5 Å². The Morgan fingerprint density at radius 2 is 2.17 bits per heavy atom. The quantitative estimate of drug-likeness (QED) is 0.834. The minimum Gasteiger partial charge on any atom is -0.490 e. The number of benzene rings is 1. The van der Waals surface area contributed by atoms with Gasteiger partial charge in [0.2, 0.25) is 5.91 Å². The average molecular weight is 333 g/mol. The Morgan fingerprint density at radius 3 is 2.96 bits per heavy atom. The lowest BCUT2D eigenvalue weighted by Gasteiger charge is -2.32. The average Bonchev–Trinajstić information content (AvgIpc) is 3.07. The summed E-state index contributed by atoms with van der Waals surface area (Å²) in [4.78, 5) is 15.4. The molecule has 1 amide bonds. The fraction of sp³-hybridized carbons (Fsp3) is 0.389. The summed E-state index contributed by atoms with van der Waals surface area (Å²) in [6, 6.07) is 10.4. The normalized spacial score (nSPS) is 18.0. The summed E-state index contributed by atoms with van der Waals surface area (Å²) in [6.07, 6.45) is 2.46. The predicted molar refractivity (Wildman–Crippen MR) is 89.2 cm³/mol. The lowest BCUT2D eigenvalue weighted by molar-refractivity contribution is -0.132. The van der Waals surface area contributed by atoms with Crippen molar-refractivity contribution in [1.82, 2.24) is 4.90 Å². The number of halogens is 1. The molecule has 3 rings (SSSR count). The highest BCUT2D eigenvalue weighted by Gasteiger charge is 2.24. The summed E-state index contributed by atoms with van der Waals surface area (Å²) < 4.78 is 19.2. The lowest BCUT2D eigenvalue weighted by Crippen LogP contribution is -2.42. The summed E-state index contributed by atoms with van der Waals surface area (Å²) >= 11 is 1.61. The van der Waals surface area contributed by atoms with Crippen molar-refractivity contribution in [3.63, 3.8) is 0 Å². The Kier molecular flexibility index (Phi) is 5.28. The minimum atomic E-state index is -0.339. The molecule has 1 saturated heterocycles. The molecule has 0 N–H and O–H groups in total. The van der Waals surface area contributed by atoms with E-state index in [2.05, 4.69) is 0 Å². The maximum Gasteiger partial charge on any atom is 0.227 e. The van der Waals surface area contributed by atoms with Crippen molar-refractivity contribution in [3.8, 4) is 5.75 Å². The number of para-hydroxylation sites is 1. The predicted octanol–water partition coefficient (Wildman–Crippen LogP) is 3.75. The van der Waals surface area contributed by atoms with Gasteiger partial charge in [-0.1, -0.05) is 18.2 Å². The second-order valence-electron chi connectivity index (χ2n) is 5.85. The van der Waals surface area contributed by atoms with Crippen LogP contribution < -0.4 is 4.74 Å². The van der Waals surface area contributed by atoms with Gasteiger partial charge in [-0.3, -0.25) is 4.79 Å². The molecule has 0 bridgehead atoms. The van der Waals surface area contributed by atoms with Crippen molar-refractivity contribution in [2.45, 2.75) is 19.3 Å². The van der Waals surface area contributed by atoms with Crippen molar-refractivity contribution < 1.29 is 13.9 Å². The number of amides is 1. The molecule has 1 aromatic carbocycles. The first-order valence-electron chi connectivity index (χ1n) is 7.90. The molecule has 1 aliphatic heterocycles. The summed E-state index contributed by atoms with van der Waals surface area (Å²) in [5.74, 6) is 0.377. The van der Waals surface area contributed by atoms with Crippen LogP contribution in [0.25, 0.3) is 0 Å². The Balaban J connectivity index is 1.52. The van der Waals surface area contributed by atoms with E-state index in [0.717, 1.165) is 24.3 Å². The number of hydrogen-bond donors (Lipinski definition) is 0. The third-order valence-corrected chi connectivity index (χ3v) is 4.96. The van der Waals surface area contributed by atoms with E-state index >= 15 is 0 Å². The van der Waals surface area contributed by atoms with E-state index in [4.69, 9.17) is 4.74 Å². The number of hydrogen-bond acceptors (Lipinski definition) is 3. The molecular weight excluding hydrogens is 313 g/mol. The van der Waals surface area contributed by atoms with Crippen LogP contribution in [0.3, 0.4) is 0 Å². The van der Waals surface area contributed by atoms with Crippen LogP contribution >= 0.6 is 11.3 Å². The van der Waals surface area contributed by atoms with Gasteiger partial charge in [-0.25, -0.2) is 4.39 Å². The highest BCUT2D eigenvalue weighted by molar-refractivity contribution is 7.10. The molecular formula is C18H20FNO2S. The van der Waals surface area contributed by atoms with Crippen molar-refractivity contribution in [1.29, 1.82) is 0 Å². The third-order valence-electron chi connectivity index (χ3n) is 4.09. The van der Waals surface area contributed by atoms with Gasteiger partial charge in [0.25, 0.3) is 0 Å². The highest BCUT2D eigenvalue weighted by Crippen LogP contribution is 2.21. The van der Waals surface area contributed by atoms with Gasteiger partial charge < -0.3 is 9.64 Å². The van der Waals surface area contributed by atoms with Gasteiger partial charge in [-0.2, -0.15) is 0 Å². The summed E-state index contributed by atoms with van der Waals surface area (Å²) in [5, 5.41) is 1.99. The Morgan fingerprint density at radius 1 is 1.30 bits per heavy atom. The number of likely N-dealkylation sites (tertiary alicyclic amines) is 1. The second-order valence-corrected chi connectivity index (χ2v) is 6.88. The number of carbonyl (C=O) groups is 1. The van der Waals surface area contributed by atoms with Crippen molar-refractivity contribution in [2.75, 3.05) is 19.7 Å². The van der Waals surface area contributed by atoms with Crippen molar-refractivity contribution in [3.05, 3.63) is 52.5 Å². The fourth-order valence-corrected chi connectivity index (χ4v) is 3.57. The monoisotopic (exact) mass is 333 g/mol. The van der Waals surface area contributed by atoms with Gasteiger partial charge in [0, 0.05) is 23.9 Å². The highest BCUT2D eigenvalue weighted by atomic mass is 32.1. The SMILES string of the molecule is O=C(Cc1cccs1)N1CCCC(COc2ccccc2F)C1. The van der Waals surface area contributed by atoms with Crippen molar-refractivity contribution in [2.24, 2.45) is 5.92 Å². The molecule has 5 heteroatoms. The molecule has 3 nitrogen and oxygen atoms in total. The molecule has 1 atom stereocenters. The molecule has 1 aromatic heterocycles. The standard InChI is InChI=1S/C18H20FNO2S/c19-16-7-1-2-8-17(16)22-13-14-5-3-9-20(12-14)18(21)11-15-6-4-10-23-15/h1-2,4,6-8,10,14H,3,5,9,11-13H2. The first-order chi connectivity index (χ1) is 11.2. The number of nitrogens with zero attached hydrogens (tertiary/aromatic N) is 1. The van der Waals surface area contributed by atoms with Gasteiger partial charge >= 0.3 is 0 Å². The van der Waals surface area contributed by atoms with Crippen LogP contribution in [0.2, 0.25) is 0 Å². The molecule has 0 saturated carbocycles. The number of thiophene rings is 1. The Labute approximate surface area is 139 Å². The van der Waals surface area contributed by atoms with E-state index in [-0.39, 0.29) is 23.4 Å². The topological polar surface area (TPSA) is 29.5 Å². The van der Waals surface area contributed by atoms with Gasteiger partial charge in [0.1, 0.15) is 0 Å². The zero-order chi connectivity index (χ0) is 16.1. The van der Waals surface area contributed by atoms with Crippen LogP contribution in [0.1, 0.15) is 17.7 Å². The molecule has 1 aliphatic rings. The maximum absolute atomic E-state index is 13.6. The van der Waals surface area contributed by atoms with Gasteiger partial charge in [-0.05, 0) is 36.4 Å². The van der Waals surface area contributed by atoms with E-state index < -0.39 is 0 Å². The van der Waals surface area contributed by atoms with Crippen LogP contribution in [-0.2, 0) is 11.2 Å². The minimum absolute atomic E-state index is 0.169. The van der Waals surface area contributed by atoms with E-state index in [1.807, 2.05) is 22.4 Å². The lowest BCUT2D eigenvalue weighted by atomic mass is 9.98. The zero-order valence-electron chi connectivity index (χ0n) is 12.9. The molecule has 23 heavy (non-hydrogen) atoms. The van der Waals surface area contributed by atoms with Gasteiger partial charge in [-0.15, -0.1) is 11.3 Å². The summed E-state index contributed by atoms with van der Waals surface area (Å²) in [5.41, 5.74) is 0. The molecule has 1 fully saturated rings. The van der Waals surface area contributed by atoms with E-state index in [9.17, 15) is 9.18 Å². The first-order valence-corrected chi connectivity index (χ1v) is 8.78. The summed E-state index contributed by atoms with van der Waals surface area (Å²) in [7, 11) is 0. The molecule has 0 radical (unpaired) electrons. The van der Waals surface area contributed by atoms with E-state index in [1.165, 1.54) is 6.07 Å². The summed E-state index contributed by atoms with van der Waals surface area (Å²) in [6.45, 7) is 1.95. The number of rotatable bonds is 5. The molecule has 122 valence electrons. The van der Waals surface area contributed by atoms with E-state index in [0.29, 0.717) is 19.6 Å². The largest absolute Gasteiger partial charge is 0.490 e. The molecule has 0 aliphatic carbocycles. The zero-order valence-corrected chi connectivity index (χ0v) is 13.7. The molecule has 1 unspecified atom stereocenters. The fourth-order valence-electron chi connectivity index (χ4n) is 2.87. The first kappa shape index (κ1) is 16.0. The number of carbonyl (C=O) groups excluding carboxylic acids is 1. The van der Waals surface area contributed by atoms with Gasteiger partial charge in [0.05, 0.1) is 13.0 Å².